The second-order valence-corrected chi connectivity index (χ2v) is 4.72. The molecule has 5 heteroatoms. The number of hydrogen-bond donors (Lipinski definition) is 1. The summed E-state index contributed by atoms with van der Waals surface area (Å²) in [7, 11) is 3.61. The van der Waals surface area contributed by atoms with E-state index < -0.39 is 0 Å². The van der Waals surface area contributed by atoms with Gasteiger partial charge in [0, 0.05) is 24.6 Å². The van der Waals surface area contributed by atoms with Gasteiger partial charge >= 0.3 is 0 Å². The van der Waals surface area contributed by atoms with Gasteiger partial charge in [-0.15, -0.1) is 11.3 Å². The van der Waals surface area contributed by atoms with Crippen LogP contribution in [-0.4, -0.2) is 34.0 Å². The molecular weight excluding hydrogens is 246 g/mol. The minimum Gasteiger partial charge on any atom is -0.382 e. The van der Waals surface area contributed by atoms with Gasteiger partial charge in [0.1, 0.15) is 0 Å². The number of hydrogen-bond acceptors (Lipinski definition) is 4. The van der Waals surface area contributed by atoms with Gasteiger partial charge in [-0.05, 0) is 24.9 Å². The third-order valence-electron chi connectivity index (χ3n) is 2.29. The Labute approximate surface area is 106 Å². The van der Waals surface area contributed by atoms with Gasteiger partial charge in [-0.25, -0.2) is 0 Å². The Morgan fingerprint density at radius 1 is 1.44 bits per heavy atom. The van der Waals surface area contributed by atoms with Gasteiger partial charge in [-0.2, -0.15) is 0 Å². The first-order chi connectivity index (χ1) is 7.79. The van der Waals surface area contributed by atoms with Crippen LogP contribution in [0.2, 0.25) is 5.02 Å². The predicted molar refractivity (Wildman–Crippen MR) is 68.4 cm³/mol. The van der Waals surface area contributed by atoms with Gasteiger partial charge in [-0.1, -0.05) is 11.6 Å². The van der Waals surface area contributed by atoms with Gasteiger partial charge in [0.05, 0.1) is 18.2 Å². The SMILES string of the molecule is CNC(CCOCCOC)c1sccc1Cl. The van der Waals surface area contributed by atoms with Crippen LogP contribution < -0.4 is 5.32 Å². The van der Waals surface area contributed by atoms with Crippen molar-refractivity contribution < 1.29 is 9.47 Å². The lowest BCUT2D eigenvalue weighted by atomic mass is 10.2. The van der Waals surface area contributed by atoms with E-state index in [-0.39, 0.29) is 6.04 Å². The van der Waals surface area contributed by atoms with Crippen LogP contribution in [0.4, 0.5) is 0 Å². The predicted octanol–water partition coefficient (Wildman–Crippen LogP) is 2.72. The van der Waals surface area contributed by atoms with Gasteiger partial charge < -0.3 is 14.8 Å². The lowest BCUT2D eigenvalue weighted by Gasteiger charge is -2.15. The molecule has 1 unspecified atom stereocenters. The summed E-state index contributed by atoms with van der Waals surface area (Å²) in [6, 6.07) is 2.20. The maximum Gasteiger partial charge on any atom is 0.0700 e. The fourth-order valence-corrected chi connectivity index (χ4v) is 2.74. The fraction of sp³-hybridized carbons (Fsp3) is 0.636. The molecule has 0 saturated heterocycles. The highest BCUT2D eigenvalue weighted by Crippen LogP contribution is 2.30. The number of thiophene rings is 1. The van der Waals surface area contributed by atoms with Crippen LogP contribution in [0, 0.1) is 0 Å². The average Bonchev–Trinajstić information content (AvgIpc) is 2.70. The molecule has 0 bridgehead atoms. The first-order valence-electron chi connectivity index (χ1n) is 5.26. The van der Waals surface area contributed by atoms with Crippen LogP contribution in [0.25, 0.3) is 0 Å². The van der Waals surface area contributed by atoms with Crippen LogP contribution in [0.5, 0.6) is 0 Å². The molecule has 0 aromatic carbocycles. The van der Waals surface area contributed by atoms with Crippen LogP contribution >= 0.6 is 22.9 Å². The highest BCUT2D eigenvalue weighted by atomic mass is 35.5. The van der Waals surface area contributed by atoms with E-state index >= 15 is 0 Å². The van der Waals surface area contributed by atoms with E-state index in [1.165, 1.54) is 4.88 Å². The molecule has 1 aromatic heterocycles. The van der Waals surface area contributed by atoms with Crippen molar-refractivity contribution in [1.29, 1.82) is 0 Å². The van der Waals surface area contributed by atoms with E-state index in [1.807, 2.05) is 18.5 Å². The zero-order chi connectivity index (χ0) is 11.8. The topological polar surface area (TPSA) is 30.5 Å². The Morgan fingerprint density at radius 2 is 2.25 bits per heavy atom. The van der Waals surface area contributed by atoms with Crippen LogP contribution in [0.15, 0.2) is 11.4 Å². The molecule has 0 spiro atoms. The molecular formula is C11H18ClNO2S. The fourth-order valence-electron chi connectivity index (χ4n) is 1.41. The standard InChI is InChI=1S/C11H18ClNO2S/c1-13-10(3-5-15-7-6-14-2)11-9(12)4-8-16-11/h4,8,10,13H,3,5-7H2,1-2H3. The summed E-state index contributed by atoms with van der Waals surface area (Å²) in [6.45, 7) is 2.00. The van der Waals surface area contributed by atoms with E-state index in [1.54, 1.807) is 18.4 Å². The summed E-state index contributed by atoms with van der Waals surface area (Å²) in [5, 5.41) is 6.09. The van der Waals surface area contributed by atoms with E-state index in [4.69, 9.17) is 21.1 Å². The van der Waals surface area contributed by atoms with Crippen LogP contribution in [0.3, 0.4) is 0 Å². The van der Waals surface area contributed by atoms with Gasteiger partial charge in [-0.3, -0.25) is 0 Å². The third kappa shape index (κ3) is 4.39. The van der Waals surface area contributed by atoms with Gasteiger partial charge in [0.15, 0.2) is 0 Å². The Balaban J connectivity index is 2.30. The van der Waals surface area contributed by atoms with Crippen LogP contribution in [-0.2, 0) is 9.47 Å². The average molecular weight is 264 g/mol. The summed E-state index contributed by atoms with van der Waals surface area (Å²) in [4.78, 5) is 1.18. The summed E-state index contributed by atoms with van der Waals surface area (Å²) >= 11 is 7.76. The molecule has 0 radical (unpaired) electrons. The van der Waals surface area contributed by atoms with Crippen molar-refractivity contribution >= 4 is 22.9 Å². The van der Waals surface area contributed by atoms with Crippen molar-refractivity contribution in [2.45, 2.75) is 12.5 Å². The first kappa shape index (κ1) is 13.9. The molecule has 3 nitrogen and oxygen atoms in total. The van der Waals surface area contributed by atoms with Crippen molar-refractivity contribution in [3.8, 4) is 0 Å². The quantitative estimate of drug-likeness (QED) is 0.732. The highest BCUT2D eigenvalue weighted by molar-refractivity contribution is 7.10. The van der Waals surface area contributed by atoms with Gasteiger partial charge in [0.25, 0.3) is 0 Å². The molecule has 0 saturated carbocycles. The van der Waals surface area contributed by atoms with E-state index in [0.717, 1.165) is 11.4 Å². The molecule has 1 rings (SSSR count). The number of rotatable bonds is 8. The molecule has 0 fully saturated rings. The maximum absolute atomic E-state index is 6.09. The zero-order valence-electron chi connectivity index (χ0n) is 9.66. The molecule has 1 atom stereocenters. The lowest BCUT2D eigenvalue weighted by Crippen LogP contribution is -2.18. The maximum atomic E-state index is 6.09. The number of halogens is 1. The second kappa shape index (κ2) is 8.03. The molecule has 0 aliphatic heterocycles. The molecule has 1 heterocycles. The molecule has 92 valence electrons. The van der Waals surface area contributed by atoms with Crippen molar-refractivity contribution in [3.63, 3.8) is 0 Å². The Kier molecular flexibility index (Phi) is 7.00. The van der Waals surface area contributed by atoms with E-state index in [9.17, 15) is 0 Å². The highest BCUT2D eigenvalue weighted by Gasteiger charge is 2.13. The minimum absolute atomic E-state index is 0.273. The second-order valence-electron chi connectivity index (χ2n) is 3.37. The third-order valence-corrected chi connectivity index (χ3v) is 3.76. The minimum atomic E-state index is 0.273. The Hall–Kier alpha value is -0.130. The lowest BCUT2D eigenvalue weighted by molar-refractivity contribution is 0.0662. The summed E-state index contributed by atoms with van der Waals surface area (Å²) in [5.41, 5.74) is 0. The number of ether oxygens (including phenoxy) is 2. The van der Waals surface area contributed by atoms with Crippen molar-refractivity contribution in [1.82, 2.24) is 5.32 Å². The zero-order valence-corrected chi connectivity index (χ0v) is 11.2. The molecule has 0 aliphatic rings. The van der Waals surface area contributed by atoms with Crippen LogP contribution in [0.1, 0.15) is 17.3 Å². The van der Waals surface area contributed by atoms with Gasteiger partial charge in [0.2, 0.25) is 0 Å². The largest absolute Gasteiger partial charge is 0.382 e. The summed E-state index contributed by atoms with van der Waals surface area (Å²) in [5.74, 6) is 0. The van der Waals surface area contributed by atoms with E-state index in [2.05, 4.69) is 5.32 Å². The summed E-state index contributed by atoms with van der Waals surface area (Å²) < 4.78 is 10.3. The van der Waals surface area contributed by atoms with Crippen molar-refractivity contribution in [3.05, 3.63) is 21.3 Å². The number of methoxy groups -OCH3 is 1. The normalized spacial score (nSPS) is 12.9. The van der Waals surface area contributed by atoms with Crippen molar-refractivity contribution in [2.24, 2.45) is 0 Å². The number of nitrogens with one attached hydrogen (secondary N) is 1. The Morgan fingerprint density at radius 3 is 2.81 bits per heavy atom. The first-order valence-corrected chi connectivity index (χ1v) is 6.52. The smallest absolute Gasteiger partial charge is 0.0700 e. The van der Waals surface area contributed by atoms with E-state index in [0.29, 0.717) is 19.8 Å². The molecule has 0 aliphatic carbocycles. The molecule has 0 amide bonds. The van der Waals surface area contributed by atoms with Crippen molar-refractivity contribution in [2.75, 3.05) is 34.0 Å². The Bertz CT molecular complexity index is 293. The molecule has 16 heavy (non-hydrogen) atoms. The summed E-state index contributed by atoms with van der Waals surface area (Å²) in [6.07, 6.45) is 0.917. The molecule has 1 aromatic rings. The molecule has 1 N–H and O–H groups in total. The monoisotopic (exact) mass is 263 g/mol.